The van der Waals surface area contributed by atoms with Crippen LogP contribution >= 0.6 is 23.4 Å². The first kappa shape index (κ1) is 22.7. The lowest BCUT2D eigenvalue weighted by atomic mass is 10.3. The molecular weight excluding hydrogens is 436 g/mol. The van der Waals surface area contributed by atoms with Crippen molar-refractivity contribution < 1.29 is 14.3 Å². The molecule has 0 saturated carbocycles. The highest BCUT2D eigenvalue weighted by molar-refractivity contribution is 7.99. The van der Waals surface area contributed by atoms with Gasteiger partial charge in [0.15, 0.2) is 17.1 Å². The van der Waals surface area contributed by atoms with Crippen molar-refractivity contribution in [2.75, 3.05) is 18.2 Å². The summed E-state index contributed by atoms with van der Waals surface area (Å²) in [4.78, 5) is 12.3. The second-order valence-corrected chi connectivity index (χ2v) is 7.85. The minimum Gasteiger partial charge on any atom is -0.497 e. The first-order valence-corrected chi connectivity index (χ1v) is 10.9. The molecule has 1 aromatic heterocycles. The molecule has 0 aliphatic rings. The van der Waals surface area contributed by atoms with Crippen LogP contribution in [0.4, 0.5) is 5.69 Å². The van der Waals surface area contributed by atoms with Gasteiger partial charge >= 0.3 is 0 Å². The maximum Gasteiger partial charge on any atom is 0.234 e. The second kappa shape index (κ2) is 10.9. The van der Waals surface area contributed by atoms with Crippen LogP contribution < -0.4 is 14.8 Å². The molecule has 0 aliphatic heterocycles. The molecule has 0 radical (unpaired) electrons. The van der Waals surface area contributed by atoms with Gasteiger partial charge in [-0.25, -0.2) is 0 Å². The topological polar surface area (TPSA) is 78.3 Å². The number of carbonyl (C=O) groups excluding carboxylic acids is 1. The van der Waals surface area contributed by atoms with Gasteiger partial charge in [0.25, 0.3) is 0 Å². The normalized spacial score (nSPS) is 11.6. The van der Waals surface area contributed by atoms with Crippen molar-refractivity contribution in [3.63, 3.8) is 0 Å². The van der Waals surface area contributed by atoms with Crippen LogP contribution in [0.3, 0.4) is 0 Å². The van der Waals surface area contributed by atoms with Gasteiger partial charge in [0.1, 0.15) is 11.5 Å². The number of ether oxygens (including phenoxy) is 2. The third-order valence-corrected chi connectivity index (χ3v) is 5.55. The average molecular weight is 459 g/mol. The average Bonchev–Trinajstić information content (AvgIpc) is 3.17. The number of thioether (sulfide) groups is 1. The Labute approximate surface area is 190 Å². The quantitative estimate of drug-likeness (QED) is 0.340. The maximum atomic E-state index is 12.3. The summed E-state index contributed by atoms with van der Waals surface area (Å²) in [5, 5.41) is 12.4. The maximum absolute atomic E-state index is 12.3. The molecule has 3 rings (SSSR count). The predicted octanol–water partition coefficient (Wildman–Crippen LogP) is 5.00. The molecule has 7 nitrogen and oxygen atoms in total. The number of aromatic nitrogens is 3. The SMILES string of the molecule is C=CCn1c(SCC(=O)Nc2ccccc2Cl)nnc1C(C)Oc1cccc(OC)c1. The van der Waals surface area contributed by atoms with Gasteiger partial charge in [-0.2, -0.15) is 0 Å². The lowest BCUT2D eigenvalue weighted by molar-refractivity contribution is -0.113. The van der Waals surface area contributed by atoms with Crippen LogP contribution in [0.1, 0.15) is 18.9 Å². The highest BCUT2D eigenvalue weighted by Crippen LogP contribution is 2.27. The number of halogens is 1. The summed E-state index contributed by atoms with van der Waals surface area (Å²) in [7, 11) is 1.61. The van der Waals surface area contributed by atoms with Gasteiger partial charge in [0.2, 0.25) is 5.91 Å². The van der Waals surface area contributed by atoms with Gasteiger partial charge in [-0.15, -0.1) is 16.8 Å². The number of carbonyl (C=O) groups is 1. The first-order chi connectivity index (χ1) is 15.0. The Morgan fingerprint density at radius 1 is 1.26 bits per heavy atom. The molecule has 3 aromatic rings. The molecule has 1 unspecified atom stereocenters. The van der Waals surface area contributed by atoms with E-state index in [1.807, 2.05) is 35.8 Å². The zero-order valence-electron chi connectivity index (χ0n) is 17.2. The van der Waals surface area contributed by atoms with E-state index in [9.17, 15) is 4.79 Å². The van der Waals surface area contributed by atoms with E-state index in [2.05, 4.69) is 22.1 Å². The highest BCUT2D eigenvalue weighted by atomic mass is 35.5. The molecule has 1 heterocycles. The summed E-state index contributed by atoms with van der Waals surface area (Å²) in [5.41, 5.74) is 0.573. The van der Waals surface area contributed by atoms with E-state index in [4.69, 9.17) is 21.1 Å². The molecular formula is C22H23ClN4O3S. The molecule has 31 heavy (non-hydrogen) atoms. The summed E-state index contributed by atoms with van der Waals surface area (Å²) < 4.78 is 13.1. The van der Waals surface area contributed by atoms with Crippen molar-refractivity contribution >= 4 is 35.0 Å². The Morgan fingerprint density at radius 2 is 2.03 bits per heavy atom. The number of benzene rings is 2. The van der Waals surface area contributed by atoms with Crippen LogP contribution in [0.15, 0.2) is 66.3 Å². The minimum atomic E-state index is -0.370. The number of nitrogens with one attached hydrogen (secondary N) is 1. The van der Waals surface area contributed by atoms with Crippen molar-refractivity contribution in [1.82, 2.24) is 14.8 Å². The minimum absolute atomic E-state index is 0.158. The fourth-order valence-electron chi connectivity index (χ4n) is 2.82. The molecule has 0 spiro atoms. The van der Waals surface area contributed by atoms with E-state index in [1.54, 1.807) is 37.5 Å². The second-order valence-electron chi connectivity index (χ2n) is 6.50. The van der Waals surface area contributed by atoms with E-state index in [0.717, 1.165) is 0 Å². The van der Waals surface area contributed by atoms with Crippen LogP contribution in [-0.2, 0) is 11.3 Å². The highest BCUT2D eigenvalue weighted by Gasteiger charge is 2.20. The van der Waals surface area contributed by atoms with E-state index in [1.165, 1.54) is 11.8 Å². The Kier molecular flexibility index (Phi) is 7.97. The Morgan fingerprint density at radius 3 is 2.77 bits per heavy atom. The summed E-state index contributed by atoms with van der Waals surface area (Å²) in [6, 6.07) is 14.4. The monoisotopic (exact) mass is 458 g/mol. The molecule has 162 valence electrons. The number of hydrogen-bond donors (Lipinski definition) is 1. The number of para-hydroxylation sites is 1. The third kappa shape index (κ3) is 6.02. The van der Waals surface area contributed by atoms with Crippen LogP contribution in [0, 0.1) is 0 Å². The number of nitrogens with zero attached hydrogens (tertiary/aromatic N) is 3. The number of methoxy groups -OCH3 is 1. The number of hydrogen-bond acceptors (Lipinski definition) is 6. The number of allylic oxidation sites excluding steroid dienone is 1. The van der Waals surface area contributed by atoms with Gasteiger partial charge in [0.05, 0.1) is 23.6 Å². The van der Waals surface area contributed by atoms with Gasteiger partial charge in [0, 0.05) is 12.6 Å². The van der Waals surface area contributed by atoms with E-state index >= 15 is 0 Å². The molecule has 0 fully saturated rings. The molecule has 1 atom stereocenters. The Bertz CT molecular complexity index is 1060. The van der Waals surface area contributed by atoms with E-state index in [-0.39, 0.29) is 17.8 Å². The standard InChI is InChI=1S/C22H23ClN4O3S/c1-4-12-27-21(15(2)30-17-9-7-8-16(13-17)29-3)25-26-22(27)31-14-20(28)24-19-11-6-5-10-18(19)23/h4-11,13,15H,1,12,14H2,2-3H3,(H,24,28). The molecule has 0 saturated heterocycles. The van der Waals surface area contributed by atoms with E-state index < -0.39 is 0 Å². The van der Waals surface area contributed by atoms with Gasteiger partial charge in [-0.3, -0.25) is 9.36 Å². The Hall–Kier alpha value is -2.97. The zero-order chi connectivity index (χ0) is 22.2. The molecule has 1 amide bonds. The molecule has 2 aromatic carbocycles. The summed E-state index contributed by atoms with van der Waals surface area (Å²) in [6.45, 7) is 6.19. The summed E-state index contributed by atoms with van der Waals surface area (Å²) >= 11 is 7.38. The van der Waals surface area contributed by atoms with Crippen LogP contribution in [0.25, 0.3) is 0 Å². The van der Waals surface area contributed by atoms with Crippen molar-refractivity contribution in [3.8, 4) is 11.5 Å². The number of amides is 1. The lowest BCUT2D eigenvalue weighted by Crippen LogP contribution is -2.15. The molecule has 9 heteroatoms. The number of rotatable bonds is 10. The van der Waals surface area contributed by atoms with Crippen LogP contribution in [0.2, 0.25) is 5.02 Å². The van der Waals surface area contributed by atoms with E-state index in [0.29, 0.717) is 39.7 Å². The summed E-state index contributed by atoms with van der Waals surface area (Å²) in [5.74, 6) is 1.97. The van der Waals surface area contributed by atoms with Gasteiger partial charge in [-0.1, -0.05) is 47.6 Å². The van der Waals surface area contributed by atoms with Crippen molar-refractivity contribution in [2.24, 2.45) is 0 Å². The molecule has 1 N–H and O–H groups in total. The van der Waals surface area contributed by atoms with Crippen LogP contribution in [0.5, 0.6) is 11.5 Å². The van der Waals surface area contributed by atoms with Crippen molar-refractivity contribution in [1.29, 1.82) is 0 Å². The van der Waals surface area contributed by atoms with Gasteiger partial charge < -0.3 is 14.8 Å². The van der Waals surface area contributed by atoms with Crippen LogP contribution in [-0.4, -0.2) is 33.5 Å². The lowest BCUT2D eigenvalue weighted by Gasteiger charge is -2.16. The van der Waals surface area contributed by atoms with Crippen molar-refractivity contribution in [3.05, 3.63) is 72.0 Å². The zero-order valence-corrected chi connectivity index (χ0v) is 18.8. The molecule has 0 aliphatic carbocycles. The summed E-state index contributed by atoms with van der Waals surface area (Å²) in [6.07, 6.45) is 1.38. The van der Waals surface area contributed by atoms with Crippen molar-refractivity contribution in [2.45, 2.75) is 24.7 Å². The fourth-order valence-corrected chi connectivity index (χ4v) is 3.76. The third-order valence-electron chi connectivity index (χ3n) is 4.26. The largest absolute Gasteiger partial charge is 0.497 e. The number of anilines is 1. The van der Waals surface area contributed by atoms with Gasteiger partial charge in [-0.05, 0) is 31.2 Å². The predicted molar refractivity (Wildman–Crippen MR) is 123 cm³/mol. The fraction of sp³-hybridized carbons (Fsp3) is 0.227. The Balaban J connectivity index is 1.68. The first-order valence-electron chi connectivity index (χ1n) is 9.53. The molecule has 0 bridgehead atoms. The smallest absolute Gasteiger partial charge is 0.234 e.